The molecule has 2 N–H and O–H groups in total. The van der Waals surface area contributed by atoms with Crippen LogP contribution in [0.15, 0.2) is 0 Å². The molecule has 0 aromatic carbocycles. The molecule has 112 valence electrons. The molecule has 1 aliphatic carbocycles. The molecular weight excluding hydrogens is 260 g/mol. The number of anilines is 1. The summed E-state index contributed by atoms with van der Waals surface area (Å²) >= 11 is 0. The van der Waals surface area contributed by atoms with Crippen LogP contribution >= 0.6 is 0 Å². The van der Waals surface area contributed by atoms with Gasteiger partial charge in [-0.15, -0.1) is 0 Å². The van der Waals surface area contributed by atoms with Gasteiger partial charge in [0, 0.05) is 13.6 Å². The van der Waals surface area contributed by atoms with Gasteiger partial charge in [-0.3, -0.25) is 10.1 Å². The second-order valence-corrected chi connectivity index (χ2v) is 5.45. The number of nitro groups is 1. The number of aromatic nitrogens is 2. The van der Waals surface area contributed by atoms with Gasteiger partial charge in [-0.2, -0.15) is 5.10 Å². The van der Waals surface area contributed by atoms with Gasteiger partial charge in [-0.05, 0) is 31.6 Å². The van der Waals surface area contributed by atoms with Crippen molar-refractivity contribution in [1.82, 2.24) is 9.78 Å². The smallest absolute Gasteiger partial charge is 0.333 e. The zero-order valence-electron chi connectivity index (χ0n) is 12.0. The fourth-order valence-electron chi connectivity index (χ4n) is 2.89. The van der Waals surface area contributed by atoms with E-state index in [2.05, 4.69) is 10.4 Å². The molecule has 2 unspecified atom stereocenters. The zero-order valence-corrected chi connectivity index (χ0v) is 12.0. The van der Waals surface area contributed by atoms with Gasteiger partial charge in [0.1, 0.15) is 5.69 Å². The first-order chi connectivity index (χ1) is 9.52. The van der Waals surface area contributed by atoms with E-state index in [1.807, 2.05) is 6.92 Å². The highest BCUT2D eigenvalue weighted by Crippen LogP contribution is 2.30. The van der Waals surface area contributed by atoms with E-state index in [9.17, 15) is 15.2 Å². The molecule has 0 bridgehead atoms. The lowest BCUT2D eigenvalue weighted by Gasteiger charge is -2.26. The van der Waals surface area contributed by atoms with Crippen molar-refractivity contribution in [3.63, 3.8) is 0 Å². The Hall–Kier alpha value is -1.63. The number of aliphatic hydroxyl groups excluding tert-OH is 1. The summed E-state index contributed by atoms with van der Waals surface area (Å²) < 4.78 is 1.54. The van der Waals surface area contributed by atoms with Crippen LogP contribution in [0.25, 0.3) is 0 Å². The maximum absolute atomic E-state index is 11.2. The molecule has 1 aromatic heterocycles. The second kappa shape index (κ2) is 6.21. The van der Waals surface area contributed by atoms with Gasteiger partial charge in [-0.25, -0.2) is 4.68 Å². The first kappa shape index (κ1) is 14.8. The third-order valence-corrected chi connectivity index (χ3v) is 3.92. The van der Waals surface area contributed by atoms with Gasteiger partial charge in [0.25, 0.3) is 0 Å². The Bertz CT molecular complexity index is 486. The summed E-state index contributed by atoms with van der Waals surface area (Å²) in [7, 11) is 1.71. The predicted molar refractivity (Wildman–Crippen MR) is 75.7 cm³/mol. The Morgan fingerprint density at radius 1 is 1.55 bits per heavy atom. The van der Waals surface area contributed by atoms with Crippen LogP contribution in [0.3, 0.4) is 0 Å². The van der Waals surface area contributed by atoms with Gasteiger partial charge < -0.3 is 10.4 Å². The maximum atomic E-state index is 11.2. The standard InChI is InChI=1S/C13H22N4O3/c1-3-11-12(17(19)20)13(16(2)15-11)14-8-9-5-4-6-10(18)7-9/h9-10,14,18H,3-8H2,1-2H3. The molecule has 1 aliphatic rings. The summed E-state index contributed by atoms with van der Waals surface area (Å²) in [5, 5.41) is 28.2. The average Bonchev–Trinajstić information content (AvgIpc) is 2.73. The zero-order chi connectivity index (χ0) is 14.7. The molecule has 2 atom stereocenters. The van der Waals surface area contributed by atoms with Crippen LogP contribution in [-0.4, -0.2) is 32.5 Å². The summed E-state index contributed by atoms with van der Waals surface area (Å²) in [5.74, 6) is 0.824. The lowest BCUT2D eigenvalue weighted by molar-refractivity contribution is -0.384. The van der Waals surface area contributed by atoms with Crippen LogP contribution < -0.4 is 5.32 Å². The fourth-order valence-corrected chi connectivity index (χ4v) is 2.89. The van der Waals surface area contributed by atoms with E-state index in [-0.39, 0.29) is 16.7 Å². The lowest BCUT2D eigenvalue weighted by Crippen LogP contribution is -2.25. The molecular formula is C13H22N4O3. The molecule has 0 spiro atoms. The first-order valence-electron chi connectivity index (χ1n) is 7.15. The van der Waals surface area contributed by atoms with E-state index in [1.54, 1.807) is 7.05 Å². The lowest BCUT2D eigenvalue weighted by atomic mass is 9.87. The highest BCUT2D eigenvalue weighted by Gasteiger charge is 2.27. The molecule has 1 aromatic rings. The molecule has 0 saturated heterocycles. The van der Waals surface area contributed by atoms with Crippen molar-refractivity contribution in [1.29, 1.82) is 0 Å². The number of aliphatic hydroxyl groups is 1. The van der Waals surface area contributed by atoms with Crippen LogP contribution in [0.2, 0.25) is 0 Å². The Morgan fingerprint density at radius 2 is 2.30 bits per heavy atom. The summed E-state index contributed by atoms with van der Waals surface area (Å²) in [6.07, 6.45) is 4.00. The number of hydrogen-bond acceptors (Lipinski definition) is 5. The minimum absolute atomic E-state index is 0.0753. The molecule has 7 nitrogen and oxygen atoms in total. The van der Waals surface area contributed by atoms with Crippen LogP contribution in [0.1, 0.15) is 38.3 Å². The van der Waals surface area contributed by atoms with E-state index in [0.717, 1.165) is 25.7 Å². The van der Waals surface area contributed by atoms with Gasteiger partial charge in [0.05, 0.1) is 11.0 Å². The summed E-state index contributed by atoms with van der Waals surface area (Å²) in [5.41, 5.74) is 0.579. The van der Waals surface area contributed by atoms with Crippen LogP contribution in [0.5, 0.6) is 0 Å². The van der Waals surface area contributed by atoms with Crippen LogP contribution in [0, 0.1) is 16.0 Å². The Kier molecular flexibility index (Phi) is 4.59. The van der Waals surface area contributed by atoms with Gasteiger partial charge in [-0.1, -0.05) is 13.3 Å². The molecule has 1 saturated carbocycles. The van der Waals surface area contributed by atoms with Gasteiger partial charge in [0.2, 0.25) is 5.82 Å². The molecule has 1 heterocycles. The van der Waals surface area contributed by atoms with E-state index in [1.165, 1.54) is 4.68 Å². The maximum Gasteiger partial charge on any atom is 0.333 e. The topological polar surface area (TPSA) is 93.2 Å². The molecule has 0 amide bonds. The average molecular weight is 282 g/mol. The number of hydrogen-bond donors (Lipinski definition) is 2. The van der Waals surface area contributed by atoms with E-state index in [0.29, 0.717) is 30.4 Å². The number of nitrogens with one attached hydrogen (secondary N) is 1. The molecule has 0 aliphatic heterocycles. The van der Waals surface area contributed by atoms with Crippen molar-refractivity contribution in [2.45, 2.75) is 45.1 Å². The number of aryl methyl sites for hydroxylation is 2. The molecule has 7 heteroatoms. The van der Waals surface area contributed by atoms with Gasteiger partial charge >= 0.3 is 5.69 Å². The molecule has 2 rings (SSSR count). The number of rotatable bonds is 5. The van der Waals surface area contributed by atoms with Crippen molar-refractivity contribution in [3.8, 4) is 0 Å². The van der Waals surface area contributed by atoms with Crippen LogP contribution in [0.4, 0.5) is 11.5 Å². The quantitative estimate of drug-likeness (QED) is 0.635. The van der Waals surface area contributed by atoms with E-state index in [4.69, 9.17) is 0 Å². The summed E-state index contributed by atoms with van der Waals surface area (Å²) in [6, 6.07) is 0. The number of nitrogens with zero attached hydrogens (tertiary/aromatic N) is 3. The third-order valence-electron chi connectivity index (χ3n) is 3.92. The normalized spacial score (nSPS) is 22.8. The minimum atomic E-state index is -0.371. The summed E-state index contributed by atoms with van der Waals surface area (Å²) in [6.45, 7) is 2.50. The highest BCUT2D eigenvalue weighted by atomic mass is 16.6. The van der Waals surface area contributed by atoms with E-state index < -0.39 is 0 Å². The molecule has 0 radical (unpaired) electrons. The van der Waals surface area contributed by atoms with Crippen molar-refractivity contribution in [3.05, 3.63) is 15.8 Å². The van der Waals surface area contributed by atoms with E-state index >= 15 is 0 Å². The summed E-state index contributed by atoms with van der Waals surface area (Å²) in [4.78, 5) is 10.8. The fraction of sp³-hybridized carbons (Fsp3) is 0.769. The van der Waals surface area contributed by atoms with Crippen molar-refractivity contribution >= 4 is 11.5 Å². The van der Waals surface area contributed by atoms with Crippen molar-refractivity contribution < 1.29 is 10.0 Å². The van der Waals surface area contributed by atoms with Gasteiger partial charge in [0.15, 0.2) is 0 Å². The Balaban J connectivity index is 2.08. The third kappa shape index (κ3) is 3.09. The van der Waals surface area contributed by atoms with Crippen molar-refractivity contribution in [2.24, 2.45) is 13.0 Å². The van der Waals surface area contributed by atoms with Crippen molar-refractivity contribution in [2.75, 3.05) is 11.9 Å². The second-order valence-electron chi connectivity index (χ2n) is 5.45. The molecule has 1 fully saturated rings. The monoisotopic (exact) mass is 282 g/mol. The first-order valence-corrected chi connectivity index (χ1v) is 7.15. The highest BCUT2D eigenvalue weighted by molar-refractivity contribution is 5.59. The Labute approximate surface area is 118 Å². The molecule has 20 heavy (non-hydrogen) atoms. The SMILES string of the molecule is CCc1nn(C)c(NCC2CCCC(O)C2)c1[N+](=O)[O-]. The predicted octanol–water partition coefficient (Wildman–Crippen LogP) is 1.85. The minimum Gasteiger partial charge on any atom is -0.393 e. The largest absolute Gasteiger partial charge is 0.393 e. The Morgan fingerprint density at radius 3 is 2.90 bits per heavy atom. The van der Waals surface area contributed by atoms with Crippen LogP contribution in [-0.2, 0) is 13.5 Å².